The molecule has 0 aromatic carbocycles. The first-order valence-corrected chi connectivity index (χ1v) is 5.84. The van der Waals surface area contributed by atoms with E-state index in [0.717, 1.165) is 6.54 Å². The van der Waals surface area contributed by atoms with Crippen molar-refractivity contribution >= 4 is 27.3 Å². The summed E-state index contributed by atoms with van der Waals surface area (Å²) in [5.41, 5.74) is 7.63. The van der Waals surface area contributed by atoms with Crippen molar-refractivity contribution in [1.82, 2.24) is 0 Å². The Hall–Kier alpha value is 0.140. The van der Waals surface area contributed by atoms with Crippen molar-refractivity contribution < 1.29 is 0 Å². The van der Waals surface area contributed by atoms with Crippen LogP contribution in [0.25, 0.3) is 0 Å². The van der Waals surface area contributed by atoms with Crippen LogP contribution < -0.4 is 5.73 Å². The number of halogens is 1. The van der Waals surface area contributed by atoms with E-state index in [1.165, 1.54) is 28.6 Å². The van der Waals surface area contributed by atoms with Gasteiger partial charge in [-0.3, -0.25) is 0 Å². The van der Waals surface area contributed by atoms with Gasteiger partial charge in [0.2, 0.25) is 0 Å². The number of rotatable bonds is 3. The number of thiophene rings is 1. The van der Waals surface area contributed by atoms with Gasteiger partial charge in [0.25, 0.3) is 0 Å². The fraction of sp³-hybridized carbons (Fsp3) is 0.556. The average molecular weight is 246 g/mol. The molecule has 0 saturated heterocycles. The topological polar surface area (TPSA) is 26.0 Å². The van der Waals surface area contributed by atoms with Gasteiger partial charge in [-0.05, 0) is 64.2 Å². The van der Waals surface area contributed by atoms with Gasteiger partial charge in [-0.25, -0.2) is 0 Å². The van der Waals surface area contributed by atoms with E-state index >= 15 is 0 Å². The van der Waals surface area contributed by atoms with Gasteiger partial charge in [0.15, 0.2) is 0 Å². The Balaban J connectivity index is 2.04. The minimum atomic E-state index is 0.473. The van der Waals surface area contributed by atoms with E-state index < -0.39 is 0 Å². The third-order valence-corrected chi connectivity index (χ3v) is 4.14. The second-order valence-corrected chi connectivity index (χ2v) is 5.93. The first kappa shape index (κ1) is 8.73. The van der Waals surface area contributed by atoms with Crippen LogP contribution in [0.5, 0.6) is 0 Å². The summed E-state index contributed by atoms with van der Waals surface area (Å²) in [7, 11) is 0. The van der Waals surface area contributed by atoms with E-state index in [-0.39, 0.29) is 0 Å². The predicted octanol–water partition coefficient (Wildman–Crippen LogP) is 2.79. The van der Waals surface area contributed by atoms with Crippen LogP contribution in [-0.2, 0) is 6.42 Å². The quantitative estimate of drug-likeness (QED) is 0.871. The summed E-state index contributed by atoms with van der Waals surface area (Å²) < 4.78 is 1.23. The predicted molar refractivity (Wildman–Crippen MR) is 56.4 cm³/mol. The molecule has 0 bridgehead atoms. The summed E-state index contributed by atoms with van der Waals surface area (Å²) in [4.78, 5) is 0. The molecule has 0 unspecified atom stereocenters. The molecule has 0 atom stereocenters. The van der Waals surface area contributed by atoms with Gasteiger partial charge in [0, 0.05) is 0 Å². The van der Waals surface area contributed by atoms with E-state index in [1.807, 2.05) is 0 Å². The van der Waals surface area contributed by atoms with Crippen molar-refractivity contribution in [2.45, 2.75) is 19.3 Å². The van der Waals surface area contributed by atoms with Crippen LogP contribution in [0.1, 0.15) is 18.4 Å². The third-order valence-electron chi connectivity index (χ3n) is 2.59. The smallest absolute Gasteiger partial charge is 0.0701 e. The van der Waals surface area contributed by atoms with E-state index in [9.17, 15) is 0 Å². The van der Waals surface area contributed by atoms with Crippen LogP contribution in [0.2, 0.25) is 0 Å². The van der Waals surface area contributed by atoms with Gasteiger partial charge >= 0.3 is 0 Å². The fourth-order valence-electron chi connectivity index (χ4n) is 1.50. The zero-order valence-corrected chi connectivity index (χ0v) is 9.25. The Bertz CT molecular complexity index is 278. The van der Waals surface area contributed by atoms with E-state index in [0.29, 0.717) is 5.41 Å². The Morgan fingerprint density at radius 3 is 2.75 bits per heavy atom. The van der Waals surface area contributed by atoms with Gasteiger partial charge in [-0.15, -0.1) is 11.3 Å². The van der Waals surface area contributed by atoms with Crippen LogP contribution in [0.3, 0.4) is 0 Å². The van der Waals surface area contributed by atoms with Crippen LogP contribution in [0.15, 0.2) is 15.2 Å². The highest BCUT2D eigenvalue weighted by atomic mass is 79.9. The second kappa shape index (κ2) is 3.13. The lowest BCUT2D eigenvalue weighted by molar-refractivity contribution is 0.522. The highest BCUT2D eigenvalue weighted by molar-refractivity contribution is 9.11. The Kier molecular flexibility index (Phi) is 2.27. The van der Waals surface area contributed by atoms with Crippen LogP contribution in [0, 0.1) is 5.41 Å². The van der Waals surface area contributed by atoms with Gasteiger partial charge in [0.1, 0.15) is 0 Å². The molecule has 1 aromatic heterocycles. The molecule has 1 aliphatic rings. The molecule has 0 radical (unpaired) electrons. The molecule has 2 N–H and O–H groups in total. The summed E-state index contributed by atoms with van der Waals surface area (Å²) >= 11 is 5.23. The SMILES string of the molecule is NCC1(Cc2csc(Br)c2)CC1. The van der Waals surface area contributed by atoms with Gasteiger partial charge < -0.3 is 5.73 Å². The van der Waals surface area contributed by atoms with Crippen molar-refractivity contribution in [3.8, 4) is 0 Å². The standard InChI is InChI=1S/C9H12BrNS/c10-8-3-7(5-12-8)4-9(6-11)1-2-9/h3,5H,1-2,4,6,11H2. The van der Waals surface area contributed by atoms with Gasteiger partial charge in [0.05, 0.1) is 3.79 Å². The molecule has 1 saturated carbocycles. The monoisotopic (exact) mass is 245 g/mol. The third kappa shape index (κ3) is 1.73. The lowest BCUT2D eigenvalue weighted by Gasteiger charge is -2.09. The number of hydrogen-bond acceptors (Lipinski definition) is 2. The van der Waals surface area contributed by atoms with Crippen molar-refractivity contribution in [2.24, 2.45) is 11.1 Å². The lowest BCUT2D eigenvalue weighted by Crippen LogP contribution is -2.17. The summed E-state index contributed by atoms with van der Waals surface area (Å²) in [6, 6.07) is 2.21. The molecule has 0 aliphatic heterocycles. The Morgan fingerprint density at radius 1 is 1.58 bits per heavy atom. The highest BCUT2D eigenvalue weighted by Crippen LogP contribution is 2.47. The number of nitrogens with two attached hydrogens (primary N) is 1. The van der Waals surface area contributed by atoms with Crippen LogP contribution in [0.4, 0.5) is 0 Å². The first-order chi connectivity index (χ1) is 5.74. The summed E-state index contributed by atoms with van der Waals surface area (Å²) in [5, 5.41) is 2.22. The minimum absolute atomic E-state index is 0.473. The molecule has 66 valence electrons. The van der Waals surface area contributed by atoms with Crippen LogP contribution >= 0.6 is 27.3 Å². The van der Waals surface area contributed by atoms with Gasteiger partial charge in [-0.1, -0.05) is 0 Å². The van der Waals surface area contributed by atoms with Crippen molar-refractivity contribution in [1.29, 1.82) is 0 Å². The van der Waals surface area contributed by atoms with Crippen molar-refractivity contribution in [3.63, 3.8) is 0 Å². The normalized spacial score (nSPS) is 19.5. The van der Waals surface area contributed by atoms with Gasteiger partial charge in [-0.2, -0.15) is 0 Å². The molecule has 1 heterocycles. The molecule has 1 nitrogen and oxygen atoms in total. The van der Waals surface area contributed by atoms with E-state index in [4.69, 9.17) is 5.73 Å². The first-order valence-electron chi connectivity index (χ1n) is 4.17. The number of hydrogen-bond donors (Lipinski definition) is 1. The van der Waals surface area contributed by atoms with E-state index in [1.54, 1.807) is 11.3 Å². The van der Waals surface area contributed by atoms with E-state index in [2.05, 4.69) is 27.4 Å². The Labute approximate surface area is 85.1 Å². The zero-order valence-electron chi connectivity index (χ0n) is 6.85. The zero-order chi connectivity index (χ0) is 8.60. The maximum absolute atomic E-state index is 5.72. The molecule has 2 rings (SSSR count). The molecular formula is C9H12BrNS. The van der Waals surface area contributed by atoms with Crippen LogP contribution in [-0.4, -0.2) is 6.54 Å². The minimum Gasteiger partial charge on any atom is -0.330 e. The molecule has 0 amide bonds. The molecule has 1 aromatic rings. The summed E-state index contributed by atoms with van der Waals surface area (Å²) in [6.07, 6.45) is 3.81. The molecule has 1 aliphatic carbocycles. The van der Waals surface area contributed by atoms with Crippen molar-refractivity contribution in [2.75, 3.05) is 6.54 Å². The lowest BCUT2D eigenvalue weighted by atomic mass is 9.99. The largest absolute Gasteiger partial charge is 0.330 e. The maximum Gasteiger partial charge on any atom is 0.0701 e. The maximum atomic E-state index is 5.72. The molecule has 12 heavy (non-hydrogen) atoms. The molecular weight excluding hydrogens is 234 g/mol. The molecule has 1 fully saturated rings. The summed E-state index contributed by atoms with van der Waals surface area (Å²) in [6.45, 7) is 0.848. The van der Waals surface area contributed by atoms with Crippen molar-refractivity contribution in [3.05, 3.63) is 20.8 Å². The fourth-order valence-corrected chi connectivity index (χ4v) is 2.71. The second-order valence-electron chi connectivity index (χ2n) is 3.64. The molecule has 3 heteroatoms. The average Bonchev–Trinajstić information content (AvgIpc) is 2.71. The Morgan fingerprint density at radius 2 is 2.33 bits per heavy atom. The highest BCUT2D eigenvalue weighted by Gasteiger charge is 2.40. The summed E-state index contributed by atoms with van der Waals surface area (Å²) in [5.74, 6) is 0. The molecule has 0 spiro atoms.